The molecular weight excluding hydrogens is 324 g/mol. The van der Waals surface area contributed by atoms with Crippen LogP contribution in [0.25, 0.3) is 0 Å². The van der Waals surface area contributed by atoms with Crippen molar-refractivity contribution >= 4 is 22.0 Å². The molecule has 0 spiro atoms. The number of rotatable bonds is 6. The normalized spacial score (nSPS) is 12.6. The molecule has 0 saturated heterocycles. The number of hydrogen-bond donors (Lipinski definition) is 0. The molecule has 7 nitrogen and oxygen atoms in total. The van der Waals surface area contributed by atoms with Crippen molar-refractivity contribution in [3.8, 4) is 5.75 Å². The molecule has 0 heterocycles. The van der Waals surface area contributed by atoms with Gasteiger partial charge in [0.1, 0.15) is 5.75 Å². The first-order valence-corrected chi connectivity index (χ1v) is 8.91. The van der Waals surface area contributed by atoms with Crippen LogP contribution in [0.15, 0.2) is 29.2 Å². The Bertz CT molecular complexity index is 647. The molecule has 0 aliphatic heterocycles. The Morgan fingerprint density at radius 2 is 1.65 bits per heavy atom. The zero-order valence-electron chi connectivity index (χ0n) is 13.4. The first-order valence-electron chi connectivity index (χ1n) is 7.02. The summed E-state index contributed by atoms with van der Waals surface area (Å²) in [5.74, 6) is -0.707. The van der Waals surface area contributed by atoms with Gasteiger partial charge in [-0.1, -0.05) is 20.8 Å². The zero-order chi connectivity index (χ0) is 17.6. The van der Waals surface area contributed by atoms with Crippen LogP contribution in [-0.2, 0) is 24.1 Å². The molecule has 0 N–H and O–H groups in total. The summed E-state index contributed by atoms with van der Waals surface area (Å²) in [5.41, 5.74) is 0. The summed E-state index contributed by atoms with van der Waals surface area (Å²) >= 11 is 0. The van der Waals surface area contributed by atoms with E-state index in [2.05, 4.69) is 0 Å². The summed E-state index contributed by atoms with van der Waals surface area (Å²) in [6.45, 7) is 5.01. The van der Waals surface area contributed by atoms with E-state index in [9.17, 15) is 18.0 Å². The van der Waals surface area contributed by atoms with Gasteiger partial charge >= 0.3 is 12.1 Å². The highest BCUT2D eigenvalue weighted by molar-refractivity contribution is 7.90. The van der Waals surface area contributed by atoms with Crippen LogP contribution in [0.2, 0.25) is 0 Å². The van der Waals surface area contributed by atoms with E-state index in [1.165, 1.54) is 24.3 Å². The van der Waals surface area contributed by atoms with Crippen molar-refractivity contribution in [1.29, 1.82) is 0 Å². The topological polar surface area (TPSA) is 96.0 Å². The molecule has 1 aromatic rings. The maximum absolute atomic E-state index is 11.7. The Balaban J connectivity index is 2.63. The van der Waals surface area contributed by atoms with E-state index in [4.69, 9.17) is 14.2 Å². The minimum Gasteiger partial charge on any atom is -0.425 e. The van der Waals surface area contributed by atoms with Gasteiger partial charge in [-0.05, 0) is 24.3 Å². The molecule has 1 atom stereocenters. The molecule has 1 aromatic carbocycles. The van der Waals surface area contributed by atoms with Crippen LogP contribution in [0.3, 0.4) is 0 Å². The van der Waals surface area contributed by atoms with Crippen molar-refractivity contribution in [2.45, 2.75) is 38.4 Å². The standard InChI is InChI=1S/C15H20O7S/c1-5-13(21-14(16)10(2)3)22-15(17)20-11-6-8-12(9-7-11)23(4,18)19/h6-10,13H,5H2,1-4H3. The van der Waals surface area contributed by atoms with Crippen LogP contribution in [0.1, 0.15) is 27.2 Å². The Hall–Kier alpha value is -2.09. The molecule has 0 aliphatic rings. The van der Waals surface area contributed by atoms with Crippen molar-refractivity contribution < 1.29 is 32.2 Å². The summed E-state index contributed by atoms with van der Waals surface area (Å²) in [6, 6.07) is 5.29. The summed E-state index contributed by atoms with van der Waals surface area (Å²) in [7, 11) is -3.32. The maximum Gasteiger partial charge on any atom is 0.516 e. The van der Waals surface area contributed by atoms with Gasteiger partial charge in [0.25, 0.3) is 6.29 Å². The second kappa shape index (κ2) is 7.96. The van der Waals surface area contributed by atoms with Gasteiger partial charge in [-0.3, -0.25) is 4.79 Å². The monoisotopic (exact) mass is 344 g/mol. The van der Waals surface area contributed by atoms with E-state index >= 15 is 0 Å². The average molecular weight is 344 g/mol. The quantitative estimate of drug-likeness (QED) is 0.444. The minimum absolute atomic E-state index is 0.107. The van der Waals surface area contributed by atoms with E-state index in [0.717, 1.165) is 6.26 Å². The van der Waals surface area contributed by atoms with Gasteiger partial charge in [0, 0.05) is 12.7 Å². The van der Waals surface area contributed by atoms with Gasteiger partial charge < -0.3 is 14.2 Å². The Morgan fingerprint density at radius 3 is 2.09 bits per heavy atom. The summed E-state index contributed by atoms with van der Waals surface area (Å²) in [5, 5.41) is 0. The molecule has 0 bridgehead atoms. The van der Waals surface area contributed by atoms with E-state index in [1.54, 1.807) is 20.8 Å². The molecule has 0 saturated carbocycles. The zero-order valence-corrected chi connectivity index (χ0v) is 14.3. The van der Waals surface area contributed by atoms with Crippen molar-refractivity contribution in [3.05, 3.63) is 24.3 Å². The summed E-state index contributed by atoms with van der Waals surface area (Å²) in [4.78, 5) is 23.2. The van der Waals surface area contributed by atoms with Crippen LogP contribution >= 0.6 is 0 Å². The van der Waals surface area contributed by atoms with Crippen LogP contribution < -0.4 is 4.74 Å². The van der Waals surface area contributed by atoms with Crippen molar-refractivity contribution in [1.82, 2.24) is 0 Å². The Morgan fingerprint density at radius 1 is 1.09 bits per heavy atom. The van der Waals surface area contributed by atoms with Gasteiger partial charge in [0.2, 0.25) is 0 Å². The SMILES string of the molecule is CCC(OC(=O)Oc1ccc(S(C)(=O)=O)cc1)OC(=O)C(C)C. The fourth-order valence-electron chi connectivity index (χ4n) is 1.44. The molecular formula is C15H20O7S. The second-order valence-corrected chi connectivity index (χ2v) is 7.16. The minimum atomic E-state index is -3.32. The molecule has 0 aliphatic carbocycles. The lowest BCUT2D eigenvalue weighted by Crippen LogP contribution is -2.27. The highest BCUT2D eigenvalue weighted by atomic mass is 32.2. The van der Waals surface area contributed by atoms with Crippen LogP contribution in [0.5, 0.6) is 5.75 Å². The number of carbonyl (C=O) groups is 2. The van der Waals surface area contributed by atoms with Gasteiger partial charge in [-0.25, -0.2) is 13.2 Å². The predicted molar refractivity (Wildman–Crippen MR) is 81.7 cm³/mol. The summed E-state index contributed by atoms with van der Waals surface area (Å²) < 4.78 is 37.5. The predicted octanol–water partition coefficient (Wildman–Crippen LogP) is 2.54. The largest absolute Gasteiger partial charge is 0.516 e. The highest BCUT2D eigenvalue weighted by Crippen LogP contribution is 2.17. The molecule has 8 heteroatoms. The lowest BCUT2D eigenvalue weighted by molar-refractivity contribution is -0.173. The molecule has 1 rings (SSSR count). The summed E-state index contributed by atoms with van der Waals surface area (Å²) in [6.07, 6.45) is -0.722. The molecule has 0 radical (unpaired) electrons. The van der Waals surface area contributed by atoms with E-state index in [-0.39, 0.29) is 23.0 Å². The van der Waals surface area contributed by atoms with Gasteiger partial charge in [0.15, 0.2) is 9.84 Å². The fraction of sp³-hybridized carbons (Fsp3) is 0.467. The lowest BCUT2D eigenvalue weighted by atomic mass is 10.2. The smallest absolute Gasteiger partial charge is 0.425 e. The third-order valence-corrected chi connectivity index (χ3v) is 3.86. The third-order valence-electron chi connectivity index (χ3n) is 2.73. The highest BCUT2D eigenvalue weighted by Gasteiger charge is 2.20. The maximum atomic E-state index is 11.7. The third kappa shape index (κ3) is 6.27. The van der Waals surface area contributed by atoms with Gasteiger partial charge in [0.05, 0.1) is 10.8 Å². The van der Waals surface area contributed by atoms with E-state index in [1.807, 2.05) is 0 Å². The van der Waals surface area contributed by atoms with Crippen molar-refractivity contribution in [2.75, 3.05) is 6.26 Å². The van der Waals surface area contributed by atoms with Gasteiger partial charge in [-0.15, -0.1) is 0 Å². The first kappa shape index (κ1) is 19.0. The van der Waals surface area contributed by atoms with Crippen LogP contribution in [0, 0.1) is 5.92 Å². The Kier molecular flexibility index (Phi) is 6.56. The number of benzene rings is 1. The van der Waals surface area contributed by atoms with Crippen LogP contribution in [0.4, 0.5) is 4.79 Å². The molecule has 1 unspecified atom stereocenters. The molecule has 23 heavy (non-hydrogen) atoms. The lowest BCUT2D eigenvalue weighted by Gasteiger charge is -2.17. The van der Waals surface area contributed by atoms with Crippen molar-refractivity contribution in [2.24, 2.45) is 5.92 Å². The number of hydrogen-bond acceptors (Lipinski definition) is 7. The van der Waals surface area contributed by atoms with E-state index in [0.29, 0.717) is 0 Å². The van der Waals surface area contributed by atoms with E-state index < -0.39 is 28.3 Å². The second-order valence-electron chi connectivity index (χ2n) is 5.14. The Labute approximate surface area is 135 Å². The van der Waals surface area contributed by atoms with Gasteiger partial charge in [-0.2, -0.15) is 0 Å². The molecule has 128 valence electrons. The van der Waals surface area contributed by atoms with Crippen molar-refractivity contribution in [3.63, 3.8) is 0 Å². The fourth-order valence-corrected chi connectivity index (χ4v) is 2.07. The number of ether oxygens (including phenoxy) is 3. The number of sulfone groups is 1. The number of esters is 1. The average Bonchev–Trinajstić information content (AvgIpc) is 2.45. The molecule has 0 aromatic heterocycles. The number of carbonyl (C=O) groups excluding carboxylic acids is 2. The molecule has 0 fully saturated rings. The van der Waals surface area contributed by atoms with Crippen LogP contribution in [-0.4, -0.2) is 33.1 Å². The first-order chi connectivity index (χ1) is 10.6. The molecule has 0 amide bonds.